The molecule has 0 atom stereocenters. The Morgan fingerprint density at radius 1 is 1.14 bits per heavy atom. The molecule has 5 heteroatoms. The highest BCUT2D eigenvalue weighted by Crippen LogP contribution is 2.26. The molecule has 0 unspecified atom stereocenters. The molecule has 22 heavy (non-hydrogen) atoms. The van der Waals surface area contributed by atoms with E-state index in [4.69, 9.17) is 20.8 Å². The first-order valence-corrected chi connectivity index (χ1v) is 7.11. The van der Waals surface area contributed by atoms with Crippen molar-refractivity contribution in [2.45, 2.75) is 13.5 Å². The second kappa shape index (κ2) is 6.20. The van der Waals surface area contributed by atoms with Crippen molar-refractivity contribution in [3.05, 3.63) is 70.8 Å². The third-order valence-corrected chi connectivity index (χ3v) is 3.50. The SMILES string of the molecule is Cc1oc(-c2ccc(F)cc2)nc1COc1ccccc1Cl. The number of aryl methyl sites for hydroxylation is 1. The third kappa shape index (κ3) is 3.12. The number of para-hydroxylation sites is 1. The van der Waals surface area contributed by atoms with E-state index in [2.05, 4.69) is 4.98 Å². The number of oxazole rings is 1. The Morgan fingerprint density at radius 3 is 2.59 bits per heavy atom. The van der Waals surface area contributed by atoms with Crippen LogP contribution in [0.2, 0.25) is 5.02 Å². The van der Waals surface area contributed by atoms with Crippen LogP contribution in [0, 0.1) is 12.7 Å². The highest BCUT2D eigenvalue weighted by atomic mass is 35.5. The van der Waals surface area contributed by atoms with Crippen molar-refractivity contribution < 1.29 is 13.5 Å². The Morgan fingerprint density at radius 2 is 1.86 bits per heavy atom. The summed E-state index contributed by atoms with van der Waals surface area (Å²) in [5.74, 6) is 1.39. The number of hydrogen-bond acceptors (Lipinski definition) is 3. The first kappa shape index (κ1) is 14.6. The Bertz CT molecular complexity index is 784. The highest BCUT2D eigenvalue weighted by Gasteiger charge is 2.12. The minimum atomic E-state index is -0.297. The lowest BCUT2D eigenvalue weighted by molar-refractivity contribution is 0.299. The zero-order chi connectivity index (χ0) is 15.5. The summed E-state index contributed by atoms with van der Waals surface area (Å²) >= 11 is 6.04. The van der Waals surface area contributed by atoms with Crippen LogP contribution in [-0.4, -0.2) is 4.98 Å². The standard InChI is InChI=1S/C17H13ClFNO2/c1-11-15(10-21-16-5-3-2-4-14(16)18)20-17(22-11)12-6-8-13(19)9-7-12/h2-9H,10H2,1H3. The van der Waals surface area contributed by atoms with Crippen LogP contribution in [0.5, 0.6) is 5.75 Å². The fourth-order valence-corrected chi connectivity index (χ4v) is 2.18. The van der Waals surface area contributed by atoms with Gasteiger partial charge in [0, 0.05) is 5.56 Å². The molecule has 0 spiro atoms. The van der Waals surface area contributed by atoms with Gasteiger partial charge in [0.15, 0.2) is 0 Å². The molecule has 0 N–H and O–H groups in total. The van der Waals surface area contributed by atoms with E-state index in [9.17, 15) is 4.39 Å². The van der Waals surface area contributed by atoms with Crippen molar-refractivity contribution in [1.82, 2.24) is 4.98 Å². The van der Waals surface area contributed by atoms with Crippen LogP contribution in [0.3, 0.4) is 0 Å². The third-order valence-electron chi connectivity index (χ3n) is 3.18. The fraction of sp³-hybridized carbons (Fsp3) is 0.118. The minimum absolute atomic E-state index is 0.250. The van der Waals surface area contributed by atoms with Gasteiger partial charge in [-0.1, -0.05) is 23.7 Å². The maximum atomic E-state index is 12.9. The molecule has 0 saturated carbocycles. The average molecular weight is 318 g/mol. The van der Waals surface area contributed by atoms with Gasteiger partial charge in [0.05, 0.1) is 5.02 Å². The number of hydrogen-bond donors (Lipinski definition) is 0. The summed E-state index contributed by atoms with van der Waals surface area (Å²) in [6, 6.07) is 13.2. The summed E-state index contributed by atoms with van der Waals surface area (Å²) in [6.07, 6.45) is 0. The molecular weight excluding hydrogens is 305 g/mol. The van der Waals surface area contributed by atoms with Gasteiger partial charge in [-0.15, -0.1) is 0 Å². The highest BCUT2D eigenvalue weighted by molar-refractivity contribution is 6.32. The van der Waals surface area contributed by atoms with Gasteiger partial charge in [0.1, 0.15) is 29.6 Å². The number of ether oxygens (including phenoxy) is 1. The Kier molecular flexibility index (Phi) is 4.11. The van der Waals surface area contributed by atoms with Crippen molar-refractivity contribution in [3.8, 4) is 17.2 Å². The maximum Gasteiger partial charge on any atom is 0.226 e. The molecule has 0 radical (unpaired) electrons. The van der Waals surface area contributed by atoms with E-state index in [1.54, 1.807) is 24.3 Å². The number of aromatic nitrogens is 1. The molecule has 1 heterocycles. The molecule has 3 nitrogen and oxygen atoms in total. The van der Waals surface area contributed by atoms with E-state index in [1.165, 1.54) is 12.1 Å². The topological polar surface area (TPSA) is 35.3 Å². The summed E-state index contributed by atoms with van der Waals surface area (Å²) < 4.78 is 24.2. The first-order valence-electron chi connectivity index (χ1n) is 6.73. The lowest BCUT2D eigenvalue weighted by Crippen LogP contribution is -1.98. The second-order valence-corrected chi connectivity index (χ2v) is 5.16. The van der Waals surface area contributed by atoms with Gasteiger partial charge >= 0.3 is 0 Å². The van der Waals surface area contributed by atoms with Crippen LogP contribution in [0.1, 0.15) is 11.5 Å². The smallest absolute Gasteiger partial charge is 0.226 e. The van der Waals surface area contributed by atoms with Crippen molar-refractivity contribution in [2.75, 3.05) is 0 Å². The zero-order valence-electron chi connectivity index (χ0n) is 11.8. The fourth-order valence-electron chi connectivity index (χ4n) is 1.99. The van der Waals surface area contributed by atoms with Gasteiger partial charge in [-0.2, -0.15) is 0 Å². The van der Waals surface area contributed by atoms with Crippen LogP contribution in [0.15, 0.2) is 52.9 Å². The molecule has 0 amide bonds. The number of rotatable bonds is 4. The molecule has 0 fully saturated rings. The lowest BCUT2D eigenvalue weighted by atomic mass is 10.2. The maximum absolute atomic E-state index is 12.9. The van der Waals surface area contributed by atoms with E-state index in [0.29, 0.717) is 33.7 Å². The van der Waals surface area contributed by atoms with Gasteiger partial charge in [-0.25, -0.2) is 9.37 Å². The normalized spacial score (nSPS) is 10.7. The van der Waals surface area contributed by atoms with E-state index >= 15 is 0 Å². The largest absolute Gasteiger partial charge is 0.486 e. The monoisotopic (exact) mass is 317 g/mol. The van der Waals surface area contributed by atoms with Gasteiger partial charge in [0.2, 0.25) is 5.89 Å². The Hall–Kier alpha value is -2.33. The van der Waals surface area contributed by atoms with Gasteiger partial charge in [-0.05, 0) is 43.3 Å². The summed E-state index contributed by atoms with van der Waals surface area (Å²) in [5, 5.41) is 0.544. The van der Waals surface area contributed by atoms with Gasteiger partial charge in [0.25, 0.3) is 0 Å². The molecule has 0 bridgehead atoms. The van der Waals surface area contributed by atoms with Gasteiger partial charge < -0.3 is 9.15 Å². The van der Waals surface area contributed by atoms with Crippen LogP contribution in [0.4, 0.5) is 4.39 Å². The number of benzene rings is 2. The zero-order valence-corrected chi connectivity index (χ0v) is 12.6. The molecule has 0 aliphatic rings. The Balaban J connectivity index is 1.78. The first-order chi connectivity index (χ1) is 10.6. The quantitative estimate of drug-likeness (QED) is 0.677. The van der Waals surface area contributed by atoms with E-state index in [-0.39, 0.29) is 12.4 Å². The molecule has 3 aromatic rings. The summed E-state index contributed by atoms with van der Waals surface area (Å²) in [5.41, 5.74) is 1.40. The summed E-state index contributed by atoms with van der Waals surface area (Å²) in [4.78, 5) is 4.40. The van der Waals surface area contributed by atoms with Crippen molar-refractivity contribution in [2.24, 2.45) is 0 Å². The Labute approximate surface area is 132 Å². The van der Waals surface area contributed by atoms with E-state index in [1.807, 2.05) is 19.1 Å². The van der Waals surface area contributed by atoms with Crippen LogP contribution >= 0.6 is 11.6 Å². The van der Waals surface area contributed by atoms with E-state index < -0.39 is 0 Å². The molecular formula is C17H13ClFNO2. The predicted octanol–water partition coefficient (Wildman–Crippen LogP) is 5.02. The van der Waals surface area contributed by atoms with Crippen LogP contribution < -0.4 is 4.74 Å². The summed E-state index contributed by atoms with van der Waals surface area (Å²) in [7, 11) is 0. The number of nitrogens with zero attached hydrogens (tertiary/aromatic N) is 1. The van der Waals surface area contributed by atoms with Crippen LogP contribution in [-0.2, 0) is 6.61 Å². The molecule has 3 rings (SSSR count). The number of halogens is 2. The second-order valence-electron chi connectivity index (χ2n) is 4.75. The summed E-state index contributed by atoms with van der Waals surface area (Å²) in [6.45, 7) is 2.06. The van der Waals surface area contributed by atoms with Gasteiger partial charge in [-0.3, -0.25) is 0 Å². The predicted molar refractivity (Wildman–Crippen MR) is 82.4 cm³/mol. The minimum Gasteiger partial charge on any atom is -0.486 e. The van der Waals surface area contributed by atoms with Crippen LogP contribution in [0.25, 0.3) is 11.5 Å². The molecule has 0 aliphatic heterocycles. The van der Waals surface area contributed by atoms with Crippen molar-refractivity contribution in [3.63, 3.8) is 0 Å². The molecule has 0 aliphatic carbocycles. The molecule has 0 saturated heterocycles. The molecule has 112 valence electrons. The molecule has 2 aromatic carbocycles. The van der Waals surface area contributed by atoms with Crippen molar-refractivity contribution in [1.29, 1.82) is 0 Å². The van der Waals surface area contributed by atoms with Crippen molar-refractivity contribution >= 4 is 11.6 Å². The van der Waals surface area contributed by atoms with E-state index in [0.717, 1.165) is 0 Å². The lowest BCUT2D eigenvalue weighted by Gasteiger charge is -2.05. The molecule has 1 aromatic heterocycles. The average Bonchev–Trinajstić information content (AvgIpc) is 2.88.